The maximum absolute atomic E-state index is 4.46. The normalized spacial score (nSPS) is 10.4. The lowest BCUT2D eigenvalue weighted by atomic mass is 10.2. The molecule has 0 bridgehead atoms. The van der Waals surface area contributed by atoms with Gasteiger partial charge in [0, 0.05) is 17.4 Å². The second-order valence-corrected chi connectivity index (χ2v) is 4.45. The summed E-state index contributed by atoms with van der Waals surface area (Å²) >= 11 is 5.07. The Labute approximate surface area is 95.2 Å². The first-order chi connectivity index (χ1) is 6.79. The predicted octanol–water partition coefficient (Wildman–Crippen LogP) is 3.53. The van der Waals surface area contributed by atoms with Crippen molar-refractivity contribution in [1.29, 1.82) is 0 Å². The molecule has 14 heavy (non-hydrogen) atoms. The van der Waals surface area contributed by atoms with E-state index >= 15 is 0 Å². The molecule has 0 amide bonds. The Morgan fingerprint density at radius 2 is 2.29 bits per heavy atom. The van der Waals surface area contributed by atoms with Gasteiger partial charge in [0.1, 0.15) is 10.4 Å². The Morgan fingerprint density at radius 3 is 2.93 bits per heavy atom. The smallest absolute Gasteiger partial charge is 0.130 e. The van der Waals surface area contributed by atoms with Crippen LogP contribution in [-0.4, -0.2) is 9.97 Å². The van der Waals surface area contributed by atoms with Crippen LogP contribution in [0.4, 0.5) is 0 Å². The molecule has 4 heteroatoms. The zero-order valence-corrected chi connectivity index (χ0v) is 10.1. The number of nitrogens with zero attached hydrogens (tertiary/aromatic N) is 2. The van der Waals surface area contributed by atoms with Gasteiger partial charge in [-0.1, -0.05) is 6.92 Å². The molecular weight excluding hydrogens is 260 g/mol. The second-order valence-electron chi connectivity index (χ2n) is 2.86. The van der Waals surface area contributed by atoms with Crippen molar-refractivity contribution >= 4 is 27.3 Å². The number of thiophene rings is 1. The molecule has 0 aliphatic heterocycles. The highest BCUT2D eigenvalue weighted by atomic mass is 79.9. The predicted molar refractivity (Wildman–Crippen MR) is 62.4 cm³/mol. The molecule has 72 valence electrons. The zero-order valence-electron chi connectivity index (χ0n) is 7.70. The van der Waals surface area contributed by atoms with Crippen LogP contribution in [-0.2, 0) is 6.42 Å². The van der Waals surface area contributed by atoms with E-state index in [-0.39, 0.29) is 0 Å². The van der Waals surface area contributed by atoms with Crippen LogP contribution in [0.3, 0.4) is 0 Å². The molecule has 2 rings (SSSR count). The molecule has 2 nitrogen and oxygen atoms in total. The van der Waals surface area contributed by atoms with Crippen LogP contribution in [0.5, 0.6) is 0 Å². The maximum Gasteiger partial charge on any atom is 0.130 e. The quantitative estimate of drug-likeness (QED) is 0.779. The first-order valence-corrected chi connectivity index (χ1v) is 6.09. The van der Waals surface area contributed by atoms with Gasteiger partial charge < -0.3 is 0 Å². The molecule has 0 unspecified atom stereocenters. The van der Waals surface area contributed by atoms with Gasteiger partial charge in [-0.25, -0.2) is 9.97 Å². The van der Waals surface area contributed by atoms with Gasteiger partial charge in [-0.3, -0.25) is 0 Å². The monoisotopic (exact) mass is 268 g/mol. The lowest BCUT2D eigenvalue weighted by Crippen LogP contribution is -1.94. The minimum atomic E-state index is 0.852. The molecule has 2 heterocycles. The third-order valence-electron chi connectivity index (χ3n) is 1.87. The molecular formula is C10H9BrN2S. The van der Waals surface area contributed by atoms with Crippen molar-refractivity contribution in [2.75, 3.05) is 0 Å². The summed E-state index contributed by atoms with van der Waals surface area (Å²) in [7, 11) is 0. The Balaban J connectivity index is 2.48. The van der Waals surface area contributed by atoms with E-state index in [1.54, 1.807) is 11.3 Å². The van der Waals surface area contributed by atoms with Crippen molar-refractivity contribution in [2.45, 2.75) is 13.3 Å². The minimum Gasteiger partial charge on any atom is -0.233 e. The average Bonchev–Trinajstić information content (AvgIpc) is 2.69. The highest BCUT2D eigenvalue weighted by Crippen LogP contribution is 2.22. The van der Waals surface area contributed by atoms with Gasteiger partial charge in [-0.05, 0) is 33.4 Å². The topological polar surface area (TPSA) is 25.8 Å². The lowest BCUT2D eigenvalue weighted by Gasteiger charge is -2.01. The number of aromatic nitrogens is 2. The molecule has 2 aromatic heterocycles. The van der Waals surface area contributed by atoms with Gasteiger partial charge in [0.25, 0.3) is 0 Å². The second kappa shape index (κ2) is 4.19. The zero-order chi connectivity index (χ0) is 9.97. The maximum atomic E-state index is 4.46. The molecule has 0 spiro atoms. The van der Waals surface area contributed by atoms with E-state index in [9.17, 15) is 0 Å². The number of hydrogen-bond donors (Lipinski definition) is 0. The third-order valence-corrected chi connectivity index (χ3v) is 2.96. The molecule has 0 aliphatic rings. The fraction of sp³-hybridized carbons (Fsp3) is 0.200. The van der Waals surface area contributed by atoms with E-state index in [4.69, 9.17) is 0 Å². The summed E-state index contributed by atoms with van der Waals surface area (Å²) < 4.78 is 0.852. The molecule has 2 aromatic rings. The Bertz CT molecular complexity index is 426. The Hall–Kier alpha value is -0.740. The van der Waals surface area contributed by atoms with E-state index < -0.39 is 0 Å². The van der Waals surface area contributed by atoms with E-state index in [0.717, 1.165) is 28.1 Å². The first kappa shape index (κ1) is 9.80. The minimum absolute atomic E-state index is 0.852. The number of halogens is 1. The van der Waals surface area contributed by atoms with Crippen molar-refractivity contribution in [3.8, 4) is 11.3 Å². The van der Waals surface area contributed by atoms with Crippen molar-refractivity contribution in [3.05, 3.63) is 33.3 Å². The van der Waals surface area contributed by atoms with E-state index in [0.29, 0.717) is 0 Å². The van der Waals surface area contributed by atoms with Gasteiger partial charge in [-0.15, -0.1) is 0 Å². The molecule has 0 radical (unpaired) electrons. The van der Waals surface area contributed by atoms with Gasteiger partial charge in [0.05, 0.1) is 5.69 Å². The molecule has 0 aliphatic carbocycles. The van der Waals surface area contributed by atoms with Crippen LogP contribution in [0.1, 0.15) is 12.7 Å². The summed E-state index contributed by atoms with van der Waals surface area (Å²) in [5.74, 6) is 0.876. The summed E-state index contributed by atoms with van der Waals surface area (Å²) in [5.41, 5.74) is 2.15. The molecule has 0 saturated heterocycles. The molecule has 0 N–H and O–H groups in total. The first-order valence-electron chi connectivity index (χ1n) is 4.35. The summed E-state index contributed by atoms with van der Waals surface area (Å²) in [6, 6.07) is 4.01. The summed E-state index contributed by atoms with van der Waals surface area (Å²) in [6.45, 7) is 2.05. The number of aryl methyl sites for hydroxylation is 1. The molecule has 0 aromatic carbocycles. The van der Waals surface area contributed by atoms with Crippen molar-refractivity contribution in [2.24, 2.45) is 0 Å². The third kappa shape index (κ3) is 2.01. The summed E-state index contributed by atoms with van der Waals surface area (Å²) in [5, 5.41) is 4.14. The van der Waals surface area contributed by atoms with Gasteiger partial charge >= 0.3 is 0 Å². The van der Waals surface area contributed by atoms with Crippen LogP contribution in [0.15, 0.2) is 27.5 Å². The van der Waals surface area contributed by atoms with E-state index in [1.165, 1.54) is 0 Å². The Kier molecular flexibility index (Phi) is 2.93. The summed E-state index contributed by atoms with van der Waals surface area (Å²) in [6.07, 6.45) is 0.858. The van der Waals surface area contributed by atoms with Crippen LogP contribution in [0, 0.1) is 0 Å². The average molecular weight is 269 g/mol. The van der Waals surface area contributed by atoms with Crippen molar-refractivity contribution < 1.29 is 0 Å². The van der Waals surface area contributed by atoms with Crippen LogP contribution in [0.2, 0.25) is 0 Å². The summed E-state index contributed by atoms with van der Waals surface area (Å²) in [4.78, 5) is 8.73. The van der Waals surface area contributed by atoms with Crippen LogP contribution >= 0.6 is 27.3 Å². The standard InChI is InChI=1S/C10H9BrN2S/c1-2-10-12-8(5-9(11)13-10)7-3-4-14-6-7/h3-6H,2H2,1H3. The molecule has 0 atom stereocenters. The van der Waals surface area contributed by atoms with E-state index in [1.807, 2.05) is 6.07 Å². The fourth-order valence-corrected chi connectivity index (χ4v) is 2.25. The lowest BCUT2D eigenvalue weighted by molar-refractivity contribution is 0.932. The van der Waals surface area contributed by atoms with Crippen LogP contribution < -0.4 is 0 Å². The van der Waals surface area contributed by atoms with Crippen molar-refractivity contribution in [1.82, 2.24) is 9.97 Å². The van der Waals surface area contributed by atoms with Gasteiger partial charge in [0.15, 0.2) is 0 Å². The SMILES string of the molecule is CCc1nc(Br)cc(-c2ccsc2)n1. The Morgan fingerprint density at radius 1 is 1.43 bits per heavy atom. The van der Waals surface area contributed by atoms with Crippen LogP contribution in [0.25, 0.3) is 11.3 Å². The molecule has 0 saturated carbocycles. The van der Waals surface area contributed by atoms with Gasteiger partial charge in [0.2, 0.25) is 0 Å². The highest BCUT2D eigenvalue weighted by molar-refractivity contribution is 9.10. The number of rotatable bonds is 2. The van der Waals surface area contributed by atoms with Gasteiger partial charge in [-0.2, -0.15) is 11.3 Å². The van der Waals surface area contributed by atoms with E-state index in [2.05, 4.69) is 49.6 Å². The number of hydrogen-bond acceptors (Lipinski definition) is 3. The highest BCUT2D eigenvalue weighted by Gasteiger charge is 2.03. The fourth-order valence-electron chi connectivity index (χ4n) is 1.18. The molecule has 0 fully saturated rings. The largest absolute Gasteiger partial charge is 0.233 e. The van der Waals surface area contributed by atoms with Crippen molar-refractivity contribution in [3.63, 3.8) is 0 Å².